The third-order valence-corrected chi connectivity index (χ3v) is 6.81. The molecule has 0 saturated carbocycles. The maximum absolute atomic E-state index is 13.0. The van der Waals surface area contributed by atoms with Gasteiger partial charge in [0.25, 0.3) is 0 Å². The number of nitrogens with one attached hydrogen (secondary N) is 1. The lowest BCUT2D eigenvalue weighted by Gasteiger charge is -2.24. The molecule has 1 aromatic heterocycles. The molecule has 5 nitrogen and oxygen atoms in total. The van der Waals surface area contributed by atoms with E-state index in [1.165, 1.54) is 16.0 Å². The summed E-state index contributed by atoms with van der Waals surface area (Å²) in [6, 6.07) is 17.7. The first kappa shape index (κ1) is 21.1. The first-order valence-electron chi connectivity index (χ1n) is 10.2. The highest BCUT2D eigenvalue weighted by molar-refractivity contribution is 7.99. The van der Waals surface area contributed by atoms with Crippen molar-refractivity contribution < 1.29 is 9.59 Å². The topological polar surface area (TPSA) is 62.3 Å². The normalized spacial score (nSPS) is 18.3. The van der Waals surface area contributed by atoms with E-state index in [2.05, 4.69) is 42.3 Å². The maximum Gasteiger partial charge on any atom is 0.230 e. The number of hydrogen-bond acceptors (Lipinski definition) is 4. The van der Waals surface area contributed by atoms with Crippen molar-refractivity contribution in [3.63, 3.8) is 0 Å². The van der Waals surface area contributed by atoms with Crippen LogP contribution in [-0.2, 0) is 9.59 Å². The fraction of sp³-hybridized carbons (Fsp3) is 0.240. The highest BCUT2D eigenvalue weighted by Crippen LogP contribution is 2.37. The summed E-state index contributed by atoms with van der Waals surface area (Å²) in [6.07, 6.45) is 3.61. The molecule has 31 heavy (non-hydrogen) atoms. The van der Waals surface area contributed by atoms with E-state index >= 15 is 0 Å². The molecular weight excluding hydrogens is 406 g/mol. The van der Waals surface area contributed by atoms with Crippen LogP contribution in [0.3, 0.4) is 0 Å². The smallest absolute Gasteiger partial charge is 0.230 e. The molecule has 6 heteroatoms. The molecule has 1 fully saturated rings. The predicted molar refractivity (Wildman–Crippen MR) is 123 cm³/mol. The van der Waals surface area contributed by atoms with Crippen molar-refractivity contribution in [3.8, 4) is 0 Å². The lowest BCUT2D eigenvalue weighted by Crippen LogP contribution is -2.30. The van der Waals surface area contributed by atoms with Gasteiger partial charge in [0.1, 0.15) is 0 Å². The second-order valence-corrected chi connectivity index (χ2v) is 9.05. The maximum atomic E-state index is 13.0. The second-order valence-electron chi connectivity index (χ2n) is 7.93. The number of amides is 2. The van der Waals surface area contributed by atoms with Gasteiger partial charge < -0.3 is 10.2 Å². The third kappa shape index (κ3) is 4.64. The molecule has 1 aliphatic heterocycles. The minimum Gasteiger partial charge on any atom is -0.338 e. The van der Waals surface area contributed by atoms with Crippen LogP contribution in [0.5, 0.6) is 0 Å². The highest BCUT2D eigenvalue weighted by Gasteiger charge is 2.42. The Labute approximate surface area is 186 Å². The standard InChI is InChI=1S/C25H25N3O2S/c1-16-6-7-17(2)22(13-16)31-20-10-8-19(9-11-20)27-25(30)21-14-23(29)28(3)24(21)18-5-4-12-26-15-18/h4-13,15,21,24H,14H2,1-3H3,(H,27,30). The van der Waals surface area contributed by atoms with Crippen LogP contribution < -0.4 is 5.32 Å². The Morgan fingerprint density at radius 3 is 2.61 bits per heavy atom. The number of benzene rings is 2. The molecule has 158 valence electrons. The molecule has 0 bridgehead atoms. The molecule has 4 rings (SSSR count). The van der Waals surface area contributed by atoms with E-state index in [4.69, 9.17) is 0 Å². The van der Waals surface area contributed by atoms with Crippen LogP contribution in [0.2, 0.25) is 0 Å². The molecule has 2 unspecified atom stereocenters. The lowest BCUT2D eigenvalue weighted by atomic mass is 9.94. The van der Waals surface area contributed by atoms with Crippen LogP contribution in [-0.4, -0.2) is 28.7 Å². The van der Waals surface area contributed by atoms with Gasteiger partial charge in [-0.15, -0.1) is 0 Å². The Morgan fingerprint density at radius 1 is 1.13 bits per heavy atom. The van der Waals surface area contributed by atoms with E-state index in [0.29, 0.717) is 0 Å². The van der Waals surface area contributed by atoms with Gasteiger partial charge in [0.05, 0.1) is 12.0 Å². The minimum atomic E-state index is -0.453. The van der Waals surface area contributed by atoms with E-state index in [1.807, 2.05) is 36.4 Å². The zero-order chi connectivity index (χ0) is 22.0. The number of nitrogens with zero attached hydrogens (tertiary/aromatic N) is 2. The predicted octanol–water partition coefficient (Wildman–Crippen LogP) is 5.01. The Morgan fingerprint density at radius 2 is 1.90 bits per heavy atom. The average Bonchev–Trinajstić information content (AvgIpc) is 3.07. The largest absolute Gasteiger partial charge is 0.338 e. The number of carbonyl (C=O) groups excluding carboxylic acids is 2. The number of rotatable bonds is 5. The van der Waals surface area contributed by atoms with Crippen LogP contribution in [0.15, 0.2) is 76.8 Å². The first-order valence-corrected chi connectivity index (χ1v) is 11.1. The Balaban J connectivity index is 1.47. The summed E-state index contributed by atoms with van der Waals surface area (Å²) in [5, 5.41) is 2.99. The van der Waals surface area contributed by atoms with Crippen molar-refractivity contribution >= 4 is 29.3 Å². The third-order valence-electron chi connectivity index (χ3n) is 5.64. The molecule has 1 N–H and O–H groups in total. The van der Waals surface area contributed by atoms with E-state index < -0.39 is 5.92 Å². The summed E-state index contributed by atoms with van der Waals surface area (Å²) in [5.41, 5.74) is 4.07. The van der Waals surface area contributed by atoms with Gasteiger partial charge in [-0.25, -0.2) is 0 Å². The molecule has 1 saturated heterocycles. The number of pyridine rings is 1. The Kier molecular flexibility index (Phi) is 6.09. The zero-order valence-corrected chi connectivity index (χ0v) is 18.6. The number of anilines is 1. The van der Waals surface area contributed by atoms with Crippen LogP contribution in [0.4, 0.5) is 5.69 Å². The van der Waals surface area contributed by atoms with Gasteiger partial charge >= 0.3 is 0 Å². The van der Waals surface area contributed by atoms with E-state index in [0.717, 1.165) is 16.1 Å². The zero-order valence-electron chi connectivity index (χ0n) is 17.8. The van der Waals surface area contributed by atoms with Crippen molar-refractivity contribution in [2.45, 2.75) is 36.1 Å². The molecule has 0 spiro atoms. The van der Waals surface area contributed by atoms with Gasteiger partial charge in [-0.2, -0.15) is 0 Å². The van der Waals surface area contributed by atoms with Gasteiger partial charge in [-0.1, -0.05) is 30.0 Å². The van der Waals surface area contributed by atoms with Crippen molar-refractivity contribution in [3.05, 3.63) is 83.7 Å². The Bertz CT molecular complexity index is 1100. The molecule has 2 aromatic carbocycles. The summed E-state index contributed by atoms with van der Waals surface area (Å²) >= 11 is 1.71. The summed E-state index contributed by atoms with van der Waals surface area (Å²) in [6.45, 7) is 4.20. The van der Waals surface area contributed by atoms with Crippen molar-refractivity contribution in [1.29, 1.82) is 0 Å². The van der Waals surface area contributed by atoms with Crippen LogP contribution in [0, 0.1) is 19.8 Å². The second kappa shape index (κ2) is 8.94. The summed E-state index contributed by atoms with van der Waals surface area (Å²) in [5.74, 6) is -0.638. The lowest BCUT2D eigenvalue weighted by molar-refractivity contribution is -0.127. The van der Waals surface area contributed by atoms with Gasteiger partial charge in [-0.3, -0.25) is 14.6 Å². The van der Waals surface area contributed by atoms with Crippen LogP contribution >= 0.6 is 11.8 Å². The van der Waals surface area contributed by atoms with E-state index in [9.17, 15) is 9.59 Å². The summed E-state index contributed by atoms with van der Waals surface area (Å²) in [7, 11) is 1.74. The molecule has 0 aliphatic carbocycles. The number of carbonyl (C=O) groups is 2. The summed E-state index contributed by atoms with van der Waals surface area (Å²) in [4.78, 5) is 33.5. The van der Waals surface area contributed by atoms with Crippen LogP contribution in [0.1, 0.15) is 29.2 Å². The fourth-order valence-corrected chi connectivity index (χ4v) is 4.90. The number of hydrogen-bond donors (Lipinski definition) is 1. The van der Waals surface area contributed by atoms with Gasteiger partial charge in [0.15, 0.2) is 0 Å². The van der Waals surface area contributed by atoms with Crippen LogP contribution in [0.25, 0.3) is 0 Å². The molecule has 3 aromatic rings. The quantitative estimate of drug-likeness (QED) is 0.617. The minimum absolute atomic E-state index is 0.0331. The number of aryl methyl sites for hydroxylation is 2. The molecular formula is C25H25N3O2S. The molecule has 2 heterocycles. The molecule has 2 amide bonds. The van der Waals surface area contributed by atoms with Gasteiger partial charge in [0, 0.05) is 41.3 Å². The SMILES string of the molecule is Cc1ccc(C)c(Sc2ccc(NC(=O)C3CC(=O)N(C)C3c3cccnc3)cc2)c1. The Hall–Kier alpha value is -3.12. The monoisotopic (exact) mass is 431 g/mol. The van der Waals surface area contributed by atoms with Gasteiger partial charge in [-0.05, 0) is 66.9 Å². The van der Waals surface area contributed by atoms with Crippen molar-refractivity contribution in [1.82, 2.24) is 9.88 Å². The first-order chi connectivity index (χ1) is 14.9. The number of likely N-dealkylation sites (tertiary alicyclic amines) is 1. The molecule has 1 aliphatic rings. The molecule has 0 radical (unpaired) electrons. The van der Waals surface area contributed by atoms with Crippen molar-refractivity contribution in [2.75, 3.05) is 12.4 Å². The summed E-state index contributed by atoms with van der Waals surface area (Å²) < 4.78 is 0. The van der Waals surface area contributed by atoms with E-state index in [1.54, 1.807) is 36.1 Å². The average molecular weight is 432 g/mol. The van der Waals surface area contributed by atoms with E-state index in [-0.39, 0.29) is 24.3 Å². The number of aromatic nitrogens is 1. The highest BCUT2D eigenvalue weighted by atomic mass is 32.2. The molecule has 2 atom stereocenters. The fourth-order valence-electron chi connectivity index (χ4n) is 3.90. The van der Waals surface area contributed by atoms with Crippen molar-refractivity contribution in [2.24, 2.45) is 5.92 Å². The van der Waals surface area contributed by atoms with Gasteiger partial charge in [0.2, 0.25) is 11.8 Å².